The number of carboxylic acids is 1. The van der Waals surface area contributed by atoms with Gasteiger partial charge in [-0.25, -0.2) is 4.79 Å². The number of ether oxygens (including phenoxy) is 1. The molecule has 2 heterocycles. The summed E-state index contributed by atoms with van der Waals surface area (Å²) in [5, 5.41) is 8.59. The van der Waals surface area contributed by atoms with Gasteiger partial charge in [0.25, 0.3) is 5.91 Å². The summed E-state index contributed by atoms with van der Waals surface area (Å²) in [4.78, 5) is 25.9. The summed E-state index contributed by atoms with van der Waals surface area (Å²) in [6.45, 7) is 2.23. The third kappa shape index (κ3) is 4.68. The first-order valence-corrected chi connectivity index (χ1v) is 7.72. The van der Waals surface area contributed by atoms with Crippen LogP contribution in [0, 0.1) is 5.92 Å². The van der Waals surface area contributed by atoms with Crippen LogP contribution >= 0.6 is 11.3 Å². The number of thiophene rings is 1. The lowest BCUT2D eigenvalue weighted by molar-refractivity contribution is -0.131. The van der Waals surface area contributed by atoms with Gasteiger partial charge in [0.2, 0.25) is 0 Å². The summed E-state index contributed by atoms with van der Waals surface area (Å²) in [5.41, 5.74) is 0. The first kappa shape index (κ1) is 15.7. The van der Waals surface area contributed by atoms with E-state index in [1.807, 2.05) is 0 Å². The Morgan fingerprint density at radius 2 is 2.33 bits per heavy atom. The van der Waals surface area contributed by atoms with E-state index in [4.69, 9.17) is 9.84 Å². The Kier molecular flexibility index (Phi) is 5.52. The van der Waals surface area contributed by atoms with Crippen molar-refractivity contribution in [2.45, 2.75) is 12.8 Å². The van der Waals surface area contributed by atoms with Crippen molar-refractivity contribution in [2.24, 2.45) is 5.92 Å². The maximum absolute atomic E-state index is 12.3. The van der Waals surface area contributed by atoms with E-state index >= 15 is 0 Å². The molecule has 0 radical (unpaired) electrons. The van der Waals surface area contributed by atoms with Crippen molar-refractivity contribution in [3.05, 3.63) is 28.0 Å². The van der Waals surface area contributed by atoms with Crippen molar-refractivity contribution in [3.8, 4) is 0 Å². The molecule has 5 nitrogen and oxygen atoms in total. The van der Waals surface area contributed by atoms with E-state index in [9.17, 15) is 9.59 Å². The number of carboxylic acid groups (broad SMARTS) is 1. The molecular formula is C15H19NO4S. The predicted molar refractivity (Wildman–Crippen MR) is 81.5 cm³/mol. The van der Waals surface area contributed by atoms with Crippen molar-refractivity contribution in [1.29, 1.82) is 0 Å². The minimum absolute atomic E-state index is 0.0273. The highest BCUT2D eigenvalue weighted by Crippen LogP contribution is 2.21. The number of nitrogens with zero attached hydrogens (tertiary/aromatic N) is 1. The van der Waals surface area contributed by atoms with Crippen LogP contribution in [0.4, 0.5) is 0 Å². The highest BCUT2D eigenvalue weighted by molar-refractivity contribution is 7.14. The van der Waals surface area contributed by atoms with Gasteiger partial charge < -0.3 is 14.7 Å². The Hall–Kier alpha value is -1.66. The fraction of sp³-hybridized carbons (Fsp3) is 0.467. The van der Waals surface area contributed by atoms with Crippen LogP contribution in [0.25, 0.3) is 6.08 Å². The van der Waals surface area contributed by atoms with Crippen LogP contribution in [-0.4, -0.2) is 48.7 Å². The highest BCUT2D eigenvalue weighted by Gasteiger charge is 2.20. The van der Waals surface area contributed by atoms with Gasteiger partial charge in [0.05, 0.1) is 11.5 Å². The second kappa shape index (κ2) is 7.38. The van der Waals surface area contributed by atoms with Gasteiger partial charge in [0.1, 0.15) is 0 Å². The molecule has 2 rings (SSSR count). The predicted octanol–water partition coefficient (Wildman–Crippen LogP) is 2.34. The van der Waals surface area contributed by atoms with Gasteiger partial charge in [-0.3, -0.25) is 4.79 Å². The molecule has 1 amide bonds. The molecule has 0 aromatic carbocycles. The Balaban J connectivity index is 1.93. The topological polar surface area (TPSA) is 66.8 Å². The van der Waals surface area contributed by atoms with Crippen LogP contribution in [-0.2, 0) is 9.53 Å². The van der Waals surface area contributed by atoms with Gasteiger partial charge in [-0.15, -0.1) is 11.3 Å². The zero-order chi connectivity index (χ0) is 15.2. The van der Waals surface area contributed by atoms with E-state index in [0.29, 0.717) is 23.9 Å². The quantitative estimate of drug-likeness (QED) is 0.848. The molecule has 1 N–H and O–H groups in total. The SMILES string of the molecule is CN(CC1CCCOC1)C(=O)c1ccc(C=CC(=O)O)s1. The summed E-state index contributed by atoms with van der Waals surface area (Å²) < 4.78 is 5.43. The van der Waals surface area contributed by atoms with E-state index in [-0.39, 0.29) is 5.91 Å². The Morgan fingerprint density at radius 1 is 1.52 bits per heavy atom. The van der Waals surface area contributed by atoms with Gasteiger partial charge in [0, 0.05) is 31.2 Å². The van der Waals surface area contributed by atoms with E-state index in [1.165, 1.54) is 17.4 Å². The van der Waals surface area contributed by atoms with E-state index in [2.05, 4.69) is 0 Å². The van der Waals surface area contributed by atoms with Crippen molar-refractivity contribution in [2.75, 3.05) is 26.8 Å². The maximum Gasteiger partial charge on any atom is 0.328 e. The van der Waals surface area contributed by atoms with Crippen molar-refractivity contribution in [1.82, 2.24) is 4.90 Å². The van der Waals surface area contributed by atoms with Crippen molar-refractivity contribution >= 4 is 29.3 Å². The minimum atomic E-state index is -0.995. The summed E-state index contributed by atoms with van der Waals surface area (Å²) in [6.07, 6.45) is 4.71. The van der Waals surface area contributed by atoms with Crippen LogP contribution < -0.4 is 0 Å². The molecule has 1 aliphatic rings. The van der Waals surface area contributed by atoms with Gasteiger partial charge in [-0.05, 0) is 37.0 Å². The molecule has 1 unspecified atom stereocenters. The standard InChI is InChI=1S/C15H19NO4S/c1-16(9-11-3-2-8-20-10-11)15(19)13-6-4-12(21-13)5-7-14(17)18/h4-7,11H,2-3,8-10H2,1H3,(H,17,18). The third-order valence-corrected chi connectivity index (χ3v) is 4.40. The lowest BCUT2D eigenvalue weighted by Crippen LogP contribution is -2.34. The number of hydrogen-bond acceptors (Lipinski definition) is 4. The summed E-state index contributed by atoms with van der Waals surface area (Å²) in [6, 6.07) is 3.50. The number of amides is 1. The third-order valence-electron chi connectivity index (χ3n) is 3.36. The van der Waals surface area contributed by atoms with Crippen LogP contribution in [0.5, 0.6) is 0 Å². The minimum Gasteiger partial charge on any atom is -0.478 e. The molecule has 0 saturated carbocycles. The fourth-order valence-electron chi connectivity index (χ4n) is 2.32. The lowest BCUT2D eigenvalue weighted by atomic mass is 10.0. The van der Waals surface area contributed by atoms with Crippen LogP contribution in [0.2, 0.25) is 0 Å². The largest absolute Gasteiger partial charge is 0.478 e. The number of carbonyl (C=O) groups excluding carboxylic acids is 1. The Bertz CT molecular complexity index is 532. The molecule has 1 fully saturated rings. The number of rotatable bonds is 5. The van der Waals surface area contributed by atoms with Crippen LogP contribution in [0.15, 0.2) is 18.2 Å². The zero-order valence-corrected chi connectivity index (χ0v) is 12.8. The average molecular weight is 309 g/mol. The zero-order valence-electron chi connectivity index (χ0n) is 11.9. The van der Waals surface area contributed by atoms with E-state index in [0.717, 1.165) is 30.4 Å². The molecule has 1 aromatic heterocycles. The number of hydrogen-bond donors (Lipinski definition) is 1. The first-order valence-electron chi connectivity index (χ1n) is 6.90. The molecular weight excluding hydrogens is 290 g/mol. The van der Waals surface area contributed by atoms with Crippen LogP contribution in [0.1, 0.15) is 27.4 Å². The monoisotopic (exact) mass is 309 g/mol. The molecule has 0 aliphatic carbocycles. The smallest absolute Gasteiger partial charge is 0.328 e. The first-order chi connectivity index (χ1) is 10.1. The van der Waals surface area contributed by atoms with Crippen molar-refractivity contribution < 1.29 is 19.4 Å². The highest BCUT2D eigenvalue weighted by atomic mass is 32.1. The van der Waals surface area contributed by atoms with E-state index < -0.39 is 5.97 Å². The van der Waals surface area contributed by atoms with Crippen LogP contribution in [0.3, 0.4) is 0 Å². The molecule has 1 saturated heterocycles. The average Bonchev–Trinajstić information content (AvgIpc) is 2.94. The molecule has 1 aromatic rings. The Labute approximate surface area is 127 Å². The normalized spacial score (nSPS) is 18.8. The molecule has 1 aliphatic heterocycles. The maximum atomic E-state index is 12.3. The van der Waals surface area contributed by atoms with Gasteiger partial charge >= 0.3 is 5.97 Å². The molecule has 6 heteroatoms. The molecule has 21 heavy (non-hydrogen) atoms. The Morgan fingerprint density at radius 3 is 3.00 bits per heavy atom. The number of carbonyl (C=O) groups is 2. The lowest BCUT2D eigenvalue weighted by Gasteiger charge is -2.26. The molecule has 114 valence electrons. The number of aliphatic carboxylic acids is 1. The van der Waals surface area contributed by atoms with Gasteiger partial charge in [-0.1, -0.05) is 0 Å². The summed E-state index contributed by atoms with van der Waals surface area (Å²) >= 11 is 1.30. The molecule has 1 atom stereocenters. The van der Waals surface area contributed by atoms with Gasteiger partial charge in [0.15, 0.2) is 0 Å². The molecule has 0 bridgehead atoms. The molecule has 0 spiro atoms. The second-order valence-corrected chi connectivity index (χ2v) is 6.26. The van der Waals surface area contributed by atoms with E-state index in [1.54, 1.807) is 24.1 Å². The van der Waals surface area contributed by atoms with Gasteiger partial charge in [-0.2, -0.15) is 0 Å². The summed E-state index contributed by atoms with van der Waals surface area (Å²) in [7, 11) is 1.80. The second-order valence-electron chi connectivity index (χ2n) is 5.14. The summed E-state index contributed by atoms with van der Waals surface area (Å²) in [5.74, 6) is -0.620. The van der Waals surface area contributed by atoms with Crippen molar-refractivity contribution in [3.63, 3.8) is 0 Å². The fourth-order valence-corrected chi connectivity index (χ4v) is 3.23.